The van der Waals surface area contributed by atoms with Gasteiger partial charge < -0.3 is 5.73 Å². The molecule has 0 radical (unpaired) electrons. The molecule has 2 aromatic carbocycles. The van der Waals surface area contributed by atoms with Crippen LogP contribution in [0.5, 0.6) is 0 Å². The van der Waals surface area contributed by atoms with E-state index in [2.05, 4.69) is 21.1 Å². The SMILES string of the molecule is NC(=O)c1cccc(S(=O)(=O)NCC(c2ccccc2)N2CCc3sccc3C2)c1. The molecule has 0 fully saturated rings. The van der Waals surface area contributed by atoms with Gasteiger partial charge >= 0.3 is 0 Å². The molecule has 8 heteroatoms. The fraction of sp³-hybridized carbons (Fsp3) is 0.227. The first-order valence-electron chi connectivity index (χ1n) is 9.68. The summed E-state index contributed by atoms with van der Waals surface area (Å²) in [5, 5.41) is 2.11. The summed E-state index contributed by atoms with van der Waals surface area (Å²) in [7, 11) is -3.79. The molecule has 0 spiro atoms. The van der Waals surface area contributed by atoms with Crippen molar-refractivity contribution in [3.8, 4) is 0 Å². The number of hydrogen-bond acceptors (Lipinski definition) is 5. The predicted molar refractivity (Wildman–Crippen MR) is 118 cm³/mol. The molecule has 0 saturated heterocycles. The summed E-state index contributed by atoms with van der Waals surface area (Å²) in [6.45, 7) is 1.88. The summed E-state index contributed by atoms with van der Waals surface area (Å²) in [5.74, 6) is -0.658. The Morgan fingerprint density at radius 3 is 2.70 bits per heavy atom. The van der Waals surface area contributed by atoms with Crippen LogP contribution in [0.2, 0.25) is 0 Å². The maximum absolute atomic E-state index is 12.9. The van der Waals surface area contributed by atoms with E-state index in [0.29, 0.717) is 0 Å². The first kappa shape index (κ1) is 20.7. The highest BCUT2D eigenvalue weighted by atomic mass is 32.2. The molecule has 1 aromatic heterocycles. The number of nitrogens with two attached hydrogens (primary N) is 1. The van der Waals surface area contributed by atoms with E-state index >= 15 is 0 Å². The fourth-order valence-electron chi connectivity index (χ4n) is 3.76. The minimum Gasteiger partial charge on any atom is -0.366 e. The molecule has 4 rings (SSSR count). The van der Waals surface area contributed by atoms with Crippen LogP contribution < -0.4 is 10.5 Å². The standard InChI is InChI=1S/C22H23N3O3S2/c23-22(26)17-7-4-8-19(13-17)30(27,28)24-14-20(16-5-2-1-3-6-16)25-11-9-21-18(15-25)10-12-29-21/h1-8,10,12-13,20,24H,9,11,14-15H2,(H2,23,26). The normalized spacial score (nSPS) is 15.5. The molecule has 0 saturated carbocycles. The zero-order valence-electron chi connectivity index (χ0n) is 16.3. The van der Waals surface area contributed by atoms with Gasteiger partial charge in [0.25, 0.3) is 0 Å². The van der Waals surface area contributed by atoms with Crippen molar-refractivity contribution >= 4 is 27.3 Å². The Balaban J connectivity index is 1.57. The van der Waals surface area contributed by atoms with Crippen molar-refractivity contribution in [2.75, 3.05) is 13.1 Å². The lowest BCUT2D eigenvalue weighted by atomic mass is 10.0. The molecule has 2 heterocycles. The minimum atomic E-state index is -3.79. The second-order valence-electron chi connectivity index (χ2n) is 7.26. The zero-order chi connectivity index (χ0) is 21.1. The second kappa shape index (κ2) is 8.69. The van der Waals surface area contributed by atoms with Crippen LogP contribution in [0, 0.1) is 0 Å². The van der Waals surface area contributed by atoms with E-state index < -0.39 is 15.9 Å². The van der Waals surface area contributed by atoms with Gasteiger partial charge in [-0.1, -0.05) is 36.4 Å². The van der Waals surface area contributed by atoms with Gasteiger partial charge in [0.15, 0.2) is 0 Å². The van der Waals surface area contributed by atoms with Crippen LogP contribution in [0.4, 0.5) is 0 Å². The van der Waals surface area contributed by atoms with Crippen LogP contribution in [-0.4, -0.2) is 32.3 Å². The Labute approximate surface area is 180 Å². The van der Waals surface area contributed by atoms with E-state index in [1.807, 2.05) is 30.3 Å². The highest BCUT2D eigenvalue weighted by Gasteiger charge is 2.27. The molecular weight excluding hydrogens is 418 g/mol. The number of thiophene rings is 1. The van der Waals surface area contributed by atoms with E-state index in [9.17, 15) is 13.2 Å². The van der Waals surface area contributed by atoms with Crippen LogP contribution in [0.1, 0.15) is 32.4 Å². The van der Waals surface area contributed by atoms with Gasteiger partial charge in [-0.3, -0.25) is 9.69 Å². The Morgan fingerprint density at radius 2 is 1.93 bits per heavy atom. The van der Waals surface area contributed by atoms with Crippen molar-refractivity contribution in [1.29, 1.82) is 0 Å². The van der Waals surface area contributed by atoms with Crippen molar-refractivity contribution in [1.82, 2.24) is 9.62 Å². The molecule has 1 unspecified atom stereocenters. The summed E-state index contributed by atoms with van der Waals surface area (Å²) in [6, 6.07) is 17.8. The van der Waals surface area contributed by atoms with Gasteiger partial charge in [-0.15, -0.1) is 11.3 Å². The molecule has 1 atom stereocenters. The maximum atomic E-state index is 12.9. The van der Waals surface area contributed by atoms with Crippen LogP contribution in [0.15, 0.2) is 70.9 Å². The van der Waals surface area contributed by atoms with Gasteiger partial charge in [-0.05, 0) is 47.2 Å². The number of carbonyl (C=O) groups excluding carboxylic acids is 1. The lowest BCUT2D eigenvalue weighted by molar-refractivity contribution is 0.1000. The lowest BCUT2D eigenvalue weighted by Crippen LogP contribution is -2.40. The van der Waals surface area contributed by atoms with Crippen LogP contribution in [-0.2, 0) is 23.0 Å². The third-order valence-electron chi connectivity index (χ3n) is 5.36. The molecular formula is C22H23N3O3S2. The molecule has 1 aliphatic heterocycles. The van der Waals surface area contributed by atoms with Gasteiger partial charge in [0, 0.05) is 36.1 Å². The molecule has 30 heavy (non-hydrogen) atoms. The number of nitrogens with one attached hydrogen (secondary N) is 1. The number of amides is 1. The van der Waals surface area contributed by atoms with Crippen LogP contribution in [0.25, 0.3) is 0 Å². The molecule has 3 aromatic rings. The summed E-state index contributed by atoms with van der Waals surface area (Å²) >= 11 is 1.78. The molecule has 1 aliphatic rings. The van der Waals surface area contributed by atoms with Crippen molar-refractivity contribution < 1.29 is 13.2 Å². The summed E-state index contributed by atoms with van der Waals surface area (Å²) < 4.78 is 28.5. The molecule has 3 N–H and O–H groups in total. The summed E-state index contributed by atoms with van der Waals surface area (Å²) in [4.78, 5) is 15.2. The van der Waals surface area contributed by atoms with E-state index in [4.69, 9.17) is 5.73 Å². The predicted octanol–water partition coefficient (Wildman–Crippen LogP) is 2.92. The first-order valence-corrected chi connectivity index (χ1v) is 12.0. The van der Waals surface area contributed by atoms with Crippen molar-refractivity contribution in [3.05, 3.63) is 87.6 Å². The van der Waals surface area contributed by atoms with Gasteiger partial charge in [-0.2, -0.15) is 0 Å². The molecule has 0 aliphatic carbocycles. The number of nitrogens with zero attached hydrogens (tertiary/aromatic N) is 1. The van der Waals surface area contributed by atoms with Crippen molar-refractivity contribution in [2.45, 2.75) is 23.9 Å². The molecule has 0 bridgehead atoms. The summed E-state index contributed by atoms with van der Waals surface area (Å²) in [5.41, 5.74) is 7.83. The Hall–Kier alpha value is -2.52. The van der Waals surface area contributed by atoms with E-state index in [0.717, 1.165) is 25.1 Å². The lowest BCUT2D eigenvalue weighted by Gasteiger charge is -2.35. The third kappa shape index (κ3) is 4.46. The number of carbonyl (C=O) groups is 1. The Bertz CT molecular complexity index is 1140. The van der Waals surface area contributed by atoms with E-state index in [-0.39, 0.29) is 23.0 Å². The average molecular weight is 442 g/mol. The fourth-order valence-corrected chi connectivity index (χ4v) is 5.73. The van der Waals surface area contributed by atoms with Gasteiger partial charge in [-0.25, -0.2) is 13.1 Å². The van der Waals surface area contributed by atoms with E-state index in [1.165, 1.54) is 34.7 Å². The van der Waals surface area contributed by atoms with Crippen molar-refractivity contribution in [2.24, 2.45) is 5.73 Å². The molecule has 6 nitrogen and oxygen atoms in total. The number of primary amides is 1. The number of hydrogen-bond donors (Lipinski definition) is 2. The monoisotopic (exact) mass is 441 g/mol. The maximum Gasteiger partial charge on any atom is 0.248 e. The van der Waals surface area contributed by atoms with Crippen LogP contribution in [0.3, 0.4) is 0 Å². The minimum absolute atomic E-state index is 0.0318. The molecule has 1 amide bonds. The zero-order valence-corrected chi connectivity index (χ0v) is 18.0. The average Bonchev–Trinajstić information content (AvgIpc) is 3.23. The van der Waals surface area contributed by atoms with Crippen LogP contribution >= 0.6 is 11.3 Å². The van der Waals surface area contributed by atoms with Gasteiger partial charge in [0.05, 0.1) is 4.90 Å². The quantitative estimate of drug-likeness (QED) is 0.590. The molecule has 156 valence electrons. The van der Waals surface area contributed by atoms with Crippen molar-refractivity contribution in [3.63, 3.8) is 0 Å². The van der Waals surface area contributed by atoms with Gasteiger partial charge in [0.1, 0.15) is 0 Å². The van der Waals surface area contributed by atoms with Gasteiger partial charge in [0.2, 0.25) is 15.9 Å². The number of fused-ring (bicyclic) bond motifs is 1. The van der Waals surface area contributed by atoms with E-state index in [1.54, 1.807) is 11.3 Å². The number of sulfonamides is 1. The first-order chi connectivity index (χ1) is 14.4. The highest BCUT2D eigenvalue weighted by Crippen LogP contribution is 2.30. The number of rotatable bonds is 7. The number of benzene rings is 2. The largest absolute Gasteiger partial charge is 0.366 e. The topological polar surface area (TPSA) is 92.5 Å². The Kier molecular flexibility index (Phi) is 6.01. The smallest absolute Gasteiger partial charge is 0.248 e. The summed E-state index contributed by atoms with van der Waals surface area (Å²) in [6.07, 6.45) is 0.962. The second-order valence-corrected chi connectivity index (χ2v) is 10.0. The third-order valence-corrected chi connectivity index (χ3v) is 7.80. The highest BCUT2D eigenvalue weighted by molar-refractivity contribution is 7.89. The Morgan fingerprint density at radius 1 is 1.13 bits per heavy atom.